The molecule has 0 aromatic carbocycles. The lowest BCUT2D eigenvalue weighted by molar-refractivity contribution is -0.119. The fraction of sp³-hybridized carbons (Fsp3) is 0.533. The Morgan fingerprint density at radius 3 is 1.85 bits per heavy atom. The van der Waals surface area contributed by atoms with Crippen molar-refractivity contribution in [2.75, 3.05) is 10.6 Å². The number of carbonyl (C=O) groups excluding carboxylic acids is 2. The lowest BCUT2D eigenvalue weighted by atomic mass is 10.2. The van der Waals surface area contributed by atoms with Crippen molar-refractivity contribution in [2.24, 2.45) is 5.92 Å². The van der Waals surface area contributed by atoms with Gasteiger partial charge in [0.15, 0.2) is 0 Å². The summed E-state index contributed by atoms with van der Waals surface area (Å²) in [5.74, 6) is 0.456. The molecule has 1 heterocycles. The van der Waals surface area contributed by atoms with E-state index >= 15 is 0 Å². The average Bonchev–Trinajstić information content (AvgIpc) is 2.42. The van der Waals surface area contributed by atoms with Gasteiger partial charge in [0.25, 0.3) is 0 Å². The van der Waals surface area contributed by atoms with Gasteiger partial charge in [-0.2, -0.15) is 0 Å². The van der Waals surface area contributed by atoms with Crippen LogP contribution < -0.4 is 10.6 Å². The summed E-state index contributed by atoms with van der Waals surface area (Å²) in [5.41, 5.74) is 0. The first-order valence-electron chi connectivity index (χ1n) is 7.04. The Hall–Kier alpha value is -1.91. The van der Waals surface area contributed by atoms with Crippen LogP contribution in [0.5, 0.6) is 0 Å². The third-order valence-corrected chi connectivity index (χ3v) is 1.83. The fourth-order valence-corrected chi connectivity index (χ4v) is 1.02. The van der Waals surface area contributed by atoms with Gasteiger partial charge in [0, 0.05) is 12.8 Å². The van der Waals surface area contributed by atoms with Gasteiger partial charge in [-0.05, 0) is 12.1 Å². The zero-order valence-corrected chi connectivity index (χ0v) is 13.6. The molecule has 0 aliphatic carbocycles. The molecule has 114 valence electrons. The molecular weight excluding hydrogens is 254 g/mol. The maximum Gasteiger partial charge on any atom is 0.228 e. The molecule has 0 saturated heterocycles. The molecule has 5 nitrogen and oxygen atoms in total. The Bertz CT molecular complexity index is 404. The van der Waals surface area contributed by atoms with Gasteiger partial charge in [0.1, 0.15) is 11.6 Å². The number of rotatable bonds is 3. The number of hydrogen-bond donors (Lipinski definition) is 2. The largest absolute Gasteiger partial charge is 0.311 e. The fourth-order valence-electron chi connectivity index (χ4n) is 1.02. The number of nitrogens with one attached hydrogen (secondary N) is 2. The number of hydrogen-bond acceptors (Lipinski definition) is 3. The molecule has 1 aromatic rings. The highest BCUT2D eigenvalue weighted by molar-refractivity contribution is 5.92. The highest BCUT2D eigenvalue weighted by Crippen LogP contribution is 2.10. The normalized spacial score (nSPS) is 8.60. The zero-order chi connectivity index (χ0) is 16.1. The summed E-state index contributed by atoms with van der Waals surface area (Å²) in [6, 6.07) is 5.05. The quantitative estimate of drug-likeness (QED) is 0.887. The van der Waals surface area contributed by atoms with Crippen molar-refractivity contribution in [3.8, 4) is 0 Å². The molecule has 0 atom stereocenters. The Balaban J connectivity index is 0. The van der Waals surface area contributed by atoms with E-state index in [-0.39, 0.29) is 17.7 Å². The van der Waals surface area contributed by atoms with E-state index < -0.39 is 0 Å². The highest BCUT2D eigenvalue weighted by atomic mass is 16.2. The second-order valence-corrected chi connectivity index (χ2v) is 3.73. The molecule has 0 aliphatic rings. The monoisotopic (exact) mass is 281 g/mol. The molecule has 0 saturated carbocycles. The Morgan fingerprint density at radius 1 is 1.00 bits per heavy atom. The third-order valence-electron chi connectivity index (χ3n) is 1.83. The van der Waals surface area contributed by atoms with Crippen molar-refractivity contribution in [3.63, 3.8) is 0 Å². The summed E-state index contributed by atoms with van der Waals surface area (Å²) >= 11 is 0. The molecular formula is C15H27N3O2. The first-order valence-corrected chi connectivity index (χ1v) is 7.04. The van der Waals surface area contributed by atoms with Crippen molar-refractivity contribution < 1.29 is 9.59 Å². The van der Waals surface area contributed by atoms with Gasteiger partial charge in [-0.15, -0.1) is 0 Å². The Kier molecular flexibility index (Phi) is 12.4. The van der Waals surface area contributed by atoms with Crippen LogP contribution in [0.1, 0.15) is 48.5 Å². The maximum atomic E-state index is 11.4. The SMILES string of the molecule is CC.CC.CC(=O)Nc1cccc(NC(=O)C(C)C)n1. The van der Waals surface area contributed by atoms with E-state index in [1.54, 1.807) is 32.0 Å². The van der Waals surface area contributed by atoms with E-state index in [1.807, 2.05) is 27.7 Å². The zero-order valence-electron chi connectivity index (χ0n) is 13.6. The van der Waals surface area contributed by atoms with Crippen LogP contribution >= 0.6 is 0 Å². The minimum absolute atomic E-state index is 0.104. The van der Waals surface area contributed by atoms with Crippen LogP contribution in [0.25, 0.3) is 0 Å². The van der Waals surface area contributed by atoms with Gasteiger partial charge in [-0.1, -0.05) is 47.6 Å². The smallest absolute Gasteiger partial charge is 0.228 e. The number of nitrogens with zero attached hydrogens (tertiary/aromatic N) is 1. The summed E-state index contributed by atoms with van der Waals surface area (Å²) in [6.07, 6.45) is 0. The lowest BCUT2D eigenvalue weighted by Crippen LogP contribution is -2.19. The lowest BCUT2D eigenvalue weighted by Gasteiger charge is -2.08. The summed E-state index contributed by atoms with van der Waals surface area (Å²) < 4.78 is 0. The van der Waals surface area contributed by atoms with Crippen LogP contribution in [0.3, 0.4) is 0 Å². The van der Waals surface area contributed by atoms with Gasteiger partial charge in [-0.25, -0.2) is 4.98 Å². The third kappa shape index (κ3) is 9.08. The molecule has 0 unspecified atom stereocenters. The first-order chi connectivity index (χ1) is 9.49. The van der Waals surface area contributed by atoms with Crippen molar-refractivity contribution in [3.05, 3.63) is 18.2 Å². The van der Waals surface area contributed by atoms with E-state index in [0.29, 0.717) is 11.6 Å². The van der Waals surface area contributed by atoms with Crippen LogP contribution in [0, 0.1) is 5.92 Å². The number of anilines is 2. The molecule has 0 aliphatic heterocycles. The van der Waals surface area contributed by atoms with Crippen LogP contribution in [-0.4, -0.2) is 16.8 Å². The van der Waals surface area contributed by atoms with Crippen molar-refractivity contribution >= 4 is 23.5 Å². The molecule has 2 amide bonds. The van der Waals surface area contributed by atoms with Gasteiger partial charge in [-0.3, -0.25) is 9.59 Å². The second-order valence-electron chi connectivity index (χ2n) is 3.73. The average molecular weight is 281 g/mol. The topological polar surface area (TPSA) is 71.1 Å². The van der Waals surface area contributed by atoms with E-state index in [0.717, 1.165) is 0 Å². The van der Waals surface area contributed by atoms with Crippen LogP contribution in [0.15, 0.2) is 18.2 Å². The van der Waals surface area contributed by atoms with Crippen molar-refractivity contribution in [2.45, 2.75) is 48.5 Å². The van der Waals surface area contributed by atoms with E-state index in [2.05, 4.69) is 15.6 Å². The molecule has 0 fully saturated rings. The summed E-state index contributed by atoms with van der Waals surface area (Å²) in [7, 11) is 0. The van der Waals surface area contributed by atoms with E-state index in [9.17, 15) is 9.59 Å². The van der Waals surface area contributed by atoms with Crippen molar-refractivity contribution in [1.29, 1.82) is 0 Å². The van der Waals surface area contributed by atoms with Gasteiger partial charge in [0.05, 0.1) is 0 Å². The summed E-state index contributed by atoms with van der Waals surface area (Å²) in [5, 5.41) is 5.20. The highest BCUT2D eigenvalue weighted by Gasteiger charge is 2.08. The number of pyridine rings is 1. The molecule has 0 spiro atoms. The number of aromatic nitrogens is 1. The minimum Gasteiger partial charge on any atom is -0.311 e. The van der Waals surface area contributed by atoms with Crippen LogP contribution in [0.4, 0.5) is 11.6 Å². The van der Waals surface area contributed by atoms with Gasteiger partial charge >= 0.3 is 0 Å². The molecule has 1 rings (SSSR count). The van der Waals surface area contributed by atoms with E-state index in [1.165, 1.54) is 6.92 Å². The van der Waals surface area contributed by atoms with Crippen LogP contribution in [0.2, 0.25) is 0 Å². The van der Waals surface area contributed by atoms with Gasteiger partial charge in [0.2, 0.25) is 11.8 Å². The standard InChI is InChI=1S/C11H15N3O2.2C2H6/c1-7(2)11(16)14-10-6-4-5-9(13-10)12-8(3)15;2*1-2/h4-7H,1-3H3,(H2,12,13,14,15,16);2*1-2H3. The number of amides is 2. The Labute approximate surface area is 122 Å². The predicted octanol–water partition coefficient (Wildman–Crippen LogP) is 3.69. The summed E-state index contributed by atoms with van der Waals surface area (Å²) in [4.78, 5) is 26.3. The first kappa shape index (κ1) is 20.4. The predicted molar refractivity (Wildman–Crippen MR) is 84.7 cm³/mol. The minimum atomic E-state index is -0.195. The van der Waals surface area contributed by atoms with Gasteiger partial charge < -0.3 is 10.6 Å². The Morgan fingerprint density at radius 2 is 1.45 bits per heavy atom. The molecule has 0 bridgehead atoms. The van der Waals surface area contributed by atoms with E-state index in [4.69, 9.17) is 0 Å². The molecule has 5 heteroatoms. The molecule has 2 N–H and O–H groups in total. The van der Waals surface area contributed by atoms with Crippen molar-refractivity contribution in [1.82, 2.24) is 4.98 Å². The molecule has 20 heavy (non-hydrogen) atoms. The molecule has 1 aromatic heterocycles. The maximum absolute atomic E-state index is 11.4. The number of carbonyl (C=O) groups is 2. The second kappa shape index (κ2) is 12.1. The van der Waals surface area contributed by atoms with Crippen LogP contribution in [-0.2, 0) is 9.59 Å². The molecule has 0 radical (unpaired) electrons. The summed E-state index contributed by atoms with van der Waals surface area (Å²) in [6.45, 7) is 13.0.